The highest BCUT2D eigenvalue weighted by molar-refractivity contribution is 4.82. The summed E-state index contributed by atoms with van der Waals surface area (Å²) in [6.45, 7) is 7.83. The van der Waals surface area contributed by atoms with Gasteiger partial charge < -0.3 is 10.2 Å². The van der Waals surface area contributed by atoms with Crippen molar-refractivity contribution in [1.82, 2.24) is 15.1 Å². The maximum absolute atomic E-state index is 3.68. The summed E-state index contributed by atoms with van der Waals surface area (Å²) in [6.07, 6.45) is 11.5. The van der Waals surface area contributed by atoms with Crippen molar-refractivity contribution in [2.45, 2.75) is 63.5 Å². The predicted octanol–water partition coefficient (Wildman–Crippen LogP) is 2.08. The molecular weight excluding hydrogens is 234 g/mol. The van der Waals surface area contributed by atoms with Crippen LogP contribution in [0.2, 0.25) is 0 Å². The second kappa shape index (κ2) is 7.05. The molecule has 1 unspecified atom stereocenters. The number of piperidine rings is 1. The van der Waals surface area contributed by atoms with Crippen molar-refractivity contribution in [2.75, 3.05) is 39.3 Å². The zero-order valence-corrected chi connectivity index (χ0v) is 12.4. The second-order valence-electron chi connectivity index (χ2n) is 6.75. The Morgan fingerprint density at radius 1 is 0.842 bits per heavy atom. The highest BCUT2D eigenvalue weighted by Gasteiger charge is 2.26. The summed E-state index contributed by atoms with van der Waals surface area (Å²) in [6, 6.07) is 1.74. The summed E-state index contributed by atoms with van der Waals surface area (Å²) in [5.41, 5.74) is 0. The fraction of sp³-hybridized carbons (Fsp3) is 1.00. The average molecular weight is 265 g/mol. The molecule has 0 spiro atoms. The van der Waals surface area contributed by atoms with Gasteiger partial charge in [-0.05, 0) is 45.2 Å². The lowest BCUT2D eigenvalue weighted by molar-refractivity contribution is 0.0944. The monoisotopic (exact) mass is 265 g/mol. The van der Waals surface area contributed by atoms with E-state index in [9.17, 15) is 0 Å². The predicted molar refractivity (Wildman–Crippen MR) is 80.5 cm³/mol. The average Bonchev–Trinajstić information content (AvgIpc) is 3.01. The lowest BCUT2D eigenvalue weighted by Crippen LogP contribution is -2.50. The Bertz CT molecular complexity index is 249. The van der Waals surface area contributed by atoms with Crippen molar-refractivity contribution in [1.29, 1.82) is 0 Å². The van der Waals surface area contributed by atoms with Crippen LogP contribution in [0, 0.1) is 0 Å². The van der Waals surface area contributed by atoms with Crippen LogP contribution < -0.4 is 5.32 Å². The lowest BCUT2D eigenvalue weighted by Gasteiger charge is -2.38. The number of hydrogen-bond donors (Lipinski definition) is 1. The largest absolute Gasteiger partial charge is 0.314 e. The van der Waals surface area contributed by atoms with E-state index >= 15 is 0 Å². The van der Waals surface area contributed by atoms with Gasteiger partial charge in [-0.3, -0.25) is 4.90 Å². The molecule has 1 atom stereocenters. The van der Waals surface area contributed by atoms with Crippen molar-refractivity contribution < 1.29 is 0 Å². The molecule has 0 aromatic rings. The Hall–Kier alpha value is -0.120. The summed E-state index contributed by atoms with van der Waals surface area (Å²) < 4.78 is 0. The number of nitrogens with zero attached hydrogens (tertiary/aromatic N) is 2. The van der Waals surface area contributed by atoms with Crippen LogP contribution in [0.15, 0.2) is 0 Å². The van der Waals surface area contributed by atoms with Gasteiger partial charge in [0, 0.05) is 38.3 Å². The van der Waals surface area contributed by atoms with Crippen molar-refractivity contribution in [3.63, 3.8) is 0 Å². The van der Waals surface area contributed by atoms with E-state index in [4.69, 9.17) is 0 Å². The van der Waals surface area contributed by atoms with Gasteiger partial charge in [0.15, 0.2) is 0 Å². The van der Waals surface area contributed by atoms with E-state index in [2.05, 4.69) is 15.1 Å². The van der Waals surface area contributed by atoms with Crippen LogP contribution in [-0.4, -0.2) is 61.2 Å². The number of hydrogen-bond acceptors (Lipinski definition) is 3. The molecule has 110 valence electrons. The van der Waals surface area contributed by atoms with E-state index in [1.54, 1.807) is 0 Å². The molecule has 0 aromatic carbocycles. The first-order valence-electron chi connectivity index (χ1n) is 8.61. The highest BCUT2D eigenvalue weighted by Crippen LogP contribution is 2.24. The van der Waals surface area contributed by atoms with Crippen molar-refractivity contribution in [2.24, 2.45) is 0 Å². The molecule has 1 aliphatic carbocycles. The number of piperazine rings is 1. The summed E-state index contributed by atoms with van der Waals surface area (Å²) in [5, 5.41) is 3.68. The third kappa shape index (κ3) is 3.93. The fourth-order valence-corrected chi connectivity index (χ4v) is 4.13. The van der Waals surface area contributed by atoms with Gasteiger partial charge in [0.2, 0.25) is 0 Å². The molecular formula is C16H31N3. The molecule has 0 amide bonds. The molecule has 1 saturated carbocycles. The number of rotatable bonds is 4. The van der Waals surface area contributed by atoms with Gasteiger partial charge in [-0.15, -0.1) is 0 Å². The van der Waals surface area contributed by atoms with E-state index < -0.39 is 0 Å². The minimum atomic E-state index is 0.807. The van der Waals surface area contributed by atoms with Gasteiger partial charge >= 0.3 is 0 Å². The van der Waals surface area contributed by atoms with Crippen LogP contribution in [0.3, 0.4) is 0 Å². The maximum atomic E-state index is 3.68. The molecule has 2 saturated heterocycles. The second-order valence-corrected chi connectivity index (χ2v) is 6.75. The van der Waals surface area contributed by atoms with E-state index in [-0.39, 0.29) is 0 Å². The van der Waals surface area contributed by atoms with Gasteiger partial charge in [0.25, 0.3) is 0 Å². The van der Waals surface area contributed by atoms with E-state index in [1.807, 2.05) is 0 Å². The lowest BCUT2D eigenvalue weighted by atomic mass is 10.0. The minimum Gasteiger partial charge on any atom is -0.314 e. The molecule has 3 heteroatoms. The van der Waals surface area contributed by atoms with Crippen LogP contribution >= 0.6 is 0 Å². The van der Waals surface area contributed by atoms with Gasteiger partial charge in [0.05, 0.1) is 0 Å². The van der Waals surface area contributed by atoms with Crippen LogP contribution in [-0.2, 0) is 0 Å². The molecule has 19 heavy (non-hydrogen) atoms. The highest BCUT2D eigenvalue weighted by atomic mass is 15.3. The summed E-state index contributed by atoms with van der Waals surface area (Å²) in [4.78, 5) is 5.46. The van der Waals surface area contributed by atoms with E-state index in [0.717, 1.165) is 12.1 Å². The molecule has 3 aliphatic rings. The normalized spacial score (nSPS) is 31.9. The Labute approximate surface area is 118 Å². The number of nitrogens with one attached hydrogen (secondary N) is 1. The van der Waals surface area contributed by atoms with Gasteiger partial charge in [-0.2, -0.15) is 0 Å². The van der Waals surface area contributed by atoms with Gasteiger partial charge in [-0.1, -0.05) is 19.3 Å². The first kappa shape index (κ1) is 13.8. The molecule has 3 nitrogen and oxygen atoms in total. The molecule has 2 aliphatic heterocycles. The van der Waals surface area contributed by atoms with Gasteiger partial charge in [-0.25, -0.2) is 0 Å². The SMILES string of the molecule is C1CCC(CCN2CCN(C3CCCC3)CC2)NC1. The molecule has 3 fully saturated rings. The smallest absolute Gasteiger partial charge is 0.0113 e. The Morgan fingerprint density at radius 2 is 1.58 bits per heavy atom. The Balaban J connectivity index is 1.33. The van der Waals surface area contributed by atoms with Gasteiger partial charge in [0.1, 0.15) is 0 Å². The fourth-order valence-electron chi connectivity index (χ4n) is 4.13. The first-order valence-corrected chi connectivity index (χ1v) is 8.61. The van der Waals surface area contributed by atoms with Crippen molar-refractivity contribution >= 4 is 0 Å². The van der Waals surface area contributed by atoms with E-state index in [1.165, 1.54) is 90.6 Å². The van der Waals surface area contributed by atoms with Crippen molar-refractivity contribution in [3.8, 4) is 0 Å². The van der Waals surface area contributed by atoms with Crippen LogP contribution in [0.25, 0.3) is 0 Å². The maximum Gasteiger partial charge on any atom is 0.0113 e. The quantitative estimate of drug-likeness (QED) is 0.839. The van der Waals surface area contributed by atoms with Crippen molar-refractivity contribution in [3.05, 3.63) is 0 Å². The molecule has 0 radical (unpaired) electrons. The standard InChI is InChI=1S/C16H31N3/c1-2-7-16(6-1)19-13-11-18(12-14-19)10-8-15-5-3-4-9-17-15/h15-17H,1-14H2. The third-order valence-electron chi connectivity index (χ3n) is 5.45. The molecule has 3 rings (SSSR count). The topological polar surface area (TPSA) is 18.5 Å². The molecule has 0 aromatic heterocycles. The Kier molecular flexibility index (Phi) is 5.14. The third-order valence-corrected chi connectivity index (χ3v) is 5.45. The first-order chi connectivity index (χ1) is 9.42. The summed E-state index contributed by atoms with van der Waals surface area (Å²) in [5.74, 6) is 0. The van der Waals surface area contributed by atoms with Crippen LogP contribution in [0.1, 0.15) is 51.4 Å². The molecule has 1 N–H and O–H groups in total. The molecule has 2 heterocycles. The summed E-state index contributed by atoms with van der Waals surface area (Å²) >= 11 is 0. The minimum absolute atomic E-state index is 0.807. The van der Waals surface area contributed by atoms with Crippen LogP contribution in [0.4, 0.5) is 0 Å². The zero-order chi connectivity index (χ0) is 12.9. The van der Waals surface area contributed by atoms with E-state index in [0.29, 0.717) is 0 Å². The van der Waals surface area contributed by atoms with Crippen LogP contribution in [0.5, 0.6) is 0 Å². The molecule has 0 bridgehead atoms. The Morgan fingerprint density at radius 3 is 2.26 bits per heavy atom. The summed E-state index contributed by atoms with van der Waals surface area (Å²) in [7, 11) is 0. The zero-order valence-electron chi connectivity index (χ0n) is 12.4.